The third kappa shape index (κ3) is 4.90. The first-order valence-electron chi connectivity index (χ1n) is 11.0. The maximum Gasteiger partial charge on any atom is 0.410 e. The van der Waals surface area contributed by atoms with E-state index in [9.17, 15) is 4.79 Å². The molecule has 0 radical (unpaired) electrons. The average Bonchev–Trinajstić information content (AvgIpc) is 3.34. The second-order valence-corrected chi connectivity index (χ2v) is 8.88. The van der Waals surface area contributed by atoms with Crippen LogP contribution in [-0.2, 0) is 11.3 Å². The number of carbonyl (C=O) groups is 1. The molecule has 0 spiro atoms. The van der Waals surface area contributed by atoms with Gasteiger partial charge in [0.2, 0.25) is 5.95 Å². The fourth-order valence-corrected chi connectivity index (χ4v) is 3.78. The molecule has 1 saturated heterocycles. The number of nitrogens with zero attached hydrogens (tertiary/aromatic N) is 5. The predicted octanol–water partition coefficient (Wildman–Crippen LogP) is 4.74. The van der Waals surface area contributed by atoms with Crippen molar-refractivity contribution in [1.82, 2.24) is 24.6 Å². The van der Waals surface area contributed by atoms with E-state index in [1.165, 1.54) is 0 Å². The molecular weight excluding hydrogens is 404 g/mol. The van der Waals surface area contributed by atoms with Crippen molar-refractivity contribution >= 4 is 17.7 Å². The van der Waals surface area contributed by atoms with Gasteiger partial charge in [-0.1, -0.05) is 19.9 Å². The van der Waals surface area contributed by atoms with Crippen LogP contribution in [0.5, 0.6) is 0 Å². The number of carbonyl (C=O) groups excluding carboxylic acids is 1. The van der Waals surface area contributed by atoms with Crippen LogP contribution in [-0.4, -0.2) is 49.4 Å². The standard InChI is InChI=1S/C24H30N6O2/c1-15(2)22-6-7-25-23(28-22)27-20-9-17(5)8-18(10-20)19-11-26-29(12-19)13-21-14-30(16(3)4)24(31)32-21/h6-12,15-16,21H,13-14H2,1-5H3,(H,25,27,28). The van der Waals surface area contributed by atoms with Crippen LogP contribution in [0.25, 0.3) is 11.1 Å². The van der Waals surface area contributed by atoms with E-state index in [1.807, 2.05) is 37.0 Å². The second kappa shape index (κ2) is 8.98. The third-order valence-corrected chi connectivity index (χ3v) is 5.49. The highest BCUT2D eigenvalue weighted by Crippen LogP contribution is 2.26. The zero-order chi connectivity index (χ0) is 22.8. The lowest BCUT2D eigenvalue weighted by Gasteiger charge is -2.16. The van der Waals surface area contributed by atoms with Crippen LogP contribution in [0, 0.1) is 6.92 Å². The van der Waals surface area contributed by atoms with Crippen molar-refractivity contribution in [2.45, 2.75) is 59.2 Å². The summed E-state index contributed by atoms with van der Waals surface area (Å²) in [7, 11) is 0. The van der Waals surface area contributed by atoms with Crippen molar-refractivity contribution in [3.8, 4) is 11.1 Å². The topological polar surface area (TPSA) is 85.2 Å². The maximum absolute atomic E-state index is 12.0. The molecule has 8 heteroatoms. The van der Waals surface area contributed by atoms with E-state index in [1.54, 1.807) is 11.1 Å². The van der Waals surface area contributed by atoms with Crippen molar-refractivity contribution in [1.29, 1.82) is 0 Å². The monoisotopic (exact) mass is 434 g/mol. The first-order chi connectivity index (χ1) is 15.3. The SMILES string of the molecule is Cc1cc(Nc2nccc(C(C)C)n2)cc(-c2cnn(CC3CN(C(C)C)C(=O)O3)c2)c1. The minimum Gasteiger partial charge on any atom is -0.442 e. The molecule has 0 bridgehead atoms. The molecule has 32 heavy (non-hydrogen) atoms. The molecule has 0 saturated carbocycles. The molecule has 1 fully saturated rings. The Bertz CT molecular complexity index is 1110. The van der Waals surface area contributed by atoms with Crippen LogP contribution in [0.4, 0.5) is 16.4 Å². The van der Waals surface area contributed by atoms with Crippen molar-refractivity contribution in [2.75, 3.05) is 11.9 Å². The van der Waals surface area contributed by atoms with Gasteiger partial charge in [-0.05, 0) is 56.0 Å². The molecule has 1 unspecified atom stereocenters. The maximum atomic E-state index is 12.0. The molecule has 4 rings (SSSR count). The van der Waals surface area contributed by atoms with E-state index in [4.69, 9.17) is 4.74 Å². The molecule has 1 N–H and O–H groups in total. The Hall–Kier alpha value is -3.42. The minimum atomic E-state index is -0.254. The van der Waals surface area contributed by atoms with E-state index in [2.05, 4.69) is 59.4 Å². The molecule has 168 valence electrons. The van der Waals surface area contributed by atoms with Gasteiger partial charge in [0.25, 0.3) is 0 Å². The molecule has 0 aliphatic carbocycles. The zero-order valence-electron chi connectivity index (χ0n) is 19.2. The van der Waals surface area contributed by atoms with Crippen LogP contribution >= 0.6 is 0 Å². The summed E-state index contributed by atoms with van der Waals surface area (Å²) in [4.78, 5) is 22.7. The number of rotatable bonds is 7. The number of amides is 1. The number of anilines is 2. The smallest absolute Gasteiger partial charge is 0.410 e. The lowest BCUT2D eigenvalue weighted by atomic mass is 10.1. The van der Waals surface area contributed by atoms with Crippen LogP contribution in [0.3, 0.4) is 0 Å². The molecule has 1 aromatic carbocycles. The quantitative estimate of drug-likeness (QED) is 0.578. The average molecular weight is 435 g/mol. The number of nitrogens with one attached hydrogen (secondary N) is 1. The number of hydrogen-bond acceptors (Lipinski definition) is 6. The molecule has 2 aromatic heterocycles. The Morgan fingerprint density at radius 2 is 2.00 bits per heavy atom. The first kappa shape index (κ1) is 21.8. The molecule has 3 heterocycles. The summed E-state index contributed by atoms with van der Waals surface area (Å²) in [5.41, 5.74) is 5.09. The van der Waals surface area contributed by atoms with Crippen LogP contribution < -0.4 is 5.32 Å². The van der Waals surface area contributed by atoms with Gasteiger partial charge in [0.05, 0.1) is 19.3 Å². The number of aryl methyl sites for hydroxylation is 1. The summed E-state index contributed by atoms with van der Waals surface area (Å²) >= 11 is 0. The summed E-state index contributed by atoms with van der Waals surface area (Å²) in [6, 6.07) is 8.32. The van der Waals surface area contributed by atoms with Gasteiger partial charge in [0.1, 0.15) is 6.10 Å². The second-order valence-electron chi connectivity index (χ2n) is 8.88. The summed E-state index contributed by atoms with van der Waals surface area (Å²) in [6.45, 7) is 11.4. The number of benzene rings is 1. The Kier molecular flexibility index (Phi) is 6.12. The summed E-state index contributed by atoms with van der Waals surface area (Å²) in [5.74, 6) is 0.922. The van der Waals surface area contributed by atoms with Crippen molar-refractivity contribution in [2.24, 2.45) is 0 Å². The Labute approximate surface area is 188 Å². The van der Waals surface area contributed by atoms with Crippen LogP contribution in [0.2, 0.25) is 0 Å². The Balaban J connectivity index is 1.49. The van der Waals surface area contributed by atoms with E-state index in [-0.39, 0.29) is 18.2 Å². The third-order valence-electron chi connectivity index (χ3n) is 5.49. The fourth-order valence-electron chi connectivity index (χ4n) is 3.78. The van der Waals surface area contributed by atoms with E-state index < -0.39 is 0 Å². The minimum absolute atomic E-state index is 0.129. The molecule has 1 amide bonds. The first-order valence-corrected chi connectivity index (χ1v) is 11.0. The van der Waals surface area contributed by atoms with Gasteiger partial charge in [-0.15, -0.1) is 0 Å². The highest BCUT2D eigenvalue weighted by atomic mass is 16.6. The number of cyclic esters (lactones) is 1. The van der Waals surface area contributed by atoms with E-state index in [0.717, 1.165) is 28.1 Å². The highest BCUT2D eigenvalue weighted by molar-refractivity contribution is 5.71. The van der Waals surface area contributed by atoms with E-state index in [0.29, 0.717) is 25.0 Å². The van der Waals surface area contributed by atoms with E-state index >= 15 is 0 Å². The van der Waals surface area contributed by atoms with Crippen LogP contribution in [0.15, 0.2) is 42.9 Å². The summed E-state index contributed by atoms with van der Waals surface area (Å²) in [5, 5.41) is 7.81. The van der Waals surface area contributed by atoms with Crippen molar-refractivity contribution in [3.63, 3.8) is 0 Å². The van der Waals surface area contributed by atoms with Gasteiger partial charge in [-0.25, -0.2) is 14.8 Å². The van der Waals surface area contributed by atoms with Crippen molar-refractivity contribution < 1.29 is 9.53 Å². The number of ether oxygens (including phenoxy) is 1. The van der Waals surface area contributed by atoms with Gasteiger partial charge in [0.15, 0.2) is 0 Å². The van der Waals surface area contributed by atoms with Gasteiger partial charge in [-0.3, -0.25) is 4.68 Å². The largest absolute Gasteiger partial charge is 0.442 e. The summed E-state index contributed by atoms with van der Waals surface area (Å²) < 4.78 is 7.32. The van der Waals surface area contributed by atoms with Gasteiger partial charge in [-0.2, -0.15) is 5.10 Å². The number of aromatic nitrogens is 4. The fraction of sp³-hybridized carbons (Fsp3) is 0.417. The van der Waals surface area contributed by atoms with Crippen molar-refractivity contribution in [3.05, 3.63) is 54.1 Å². The van der Waals surface area contributed by atoms with Gasteiger partial charge >= 0.3 is 6.09 Å². The lowest BCUT2D eigenvalue weighted by molar-refractivity contribution is 0.121. The molecule has 1 aliphatic rings. The molecule has 1 aliphatic heterocycles. The Morgan fingerprint density at radius 1 is 1.19 bits per heavy atom. The van der Waals surface area contributed by atoms with Crippen LogP contribution in [0.1, 0.15) is 44.9 Å². The normalized spacial score (nSPS) is 16.2. The summed E-state index contributed by atoms with van der Waals surface area (Å²) in [6.07, 6.45) is 5.15. The Morgan fingerprint density at radius 3 is 2.72 bits per heavy atom. The molecule has 1 atom stereocenters. The molecule has 3 aromatic rings. The molecule has 8 nitrogen and oxygen atoms in total. The number of hydrogen-bond donors (Lipinski definition) is 1. The molecular formula is C24H30N6O2. The van der Waals surface area contributed by atoms with Gasteiger partial charge < -0.3 is 15.0 Å². The zero-order valence-corrected chi connectivity index (χ0v) is 19.2. The lowest BCUT2D eigenvalue weighted by Crippen LogP contribution is -2.32. The highest BCUT2D eigenvalue weighted by Gasteiger charge is 2.33. The predicted molar refractivity (Wildman–Crippen MR) is 124 cm³/mol. The van der Waals surface area contributed by atoms with Gasteiger partial charge in [0, 0.05) is 35.4 Å².